The second-order valence-corrected chi connectivity index (χ2v) is 5.28. The first-order valence-corrected chi connectivity index (χ1v) is 6.45. The standard InChI is InChI=1S/C7H14O3S2/c1-2-11-4-6-12(10)5-3-7(8)9/h2-6H2,1H3,(H,8,9). The lowest BCUT2D eigenvalue weighted by molar-refractivity contribution is -0.136. The average Bonchev–Trinajstić information content (AvgIpc) is 2.01. The lowest BCUT2D eigenvalue weighted by atomic mass is 10.5. The molecule has 0 aliphatic heterocycles. The maximum absolute atomic E-state index is 11.1. The molecule has 0 aromatic heterocycles. The van der Waals surface area contributed by atoms with Crippen LogP contribution in [0.3, 0.4) is 0 Å². The molecule has 1 atom stereocenters. The van der Waals surface area contributed by atoms with Crippen LogP contribution in [0.2, 0.25) is 0 Å². The summed E-state index contributed by atoms with van der Waals surface area (Å²) < 4.78 is 11.1. The highest BCUT2D eigenvalue weighted by molar-refractivity contribution is 8.00. The third-order valence-electron chi connectivity index (χ3n) is 1.20. The quantitative estimate of drug-likeness (QED) is 0.636. The fourth-order valence-corrected chi connectivity index (χ4v) is 2.71. The number of carboxylic acid groups (broad SMARTS) is 1. The number of carboxylic acids is 1. The molecule has 0 bridgehead atoms. The van der Waals surface area contributed by atoms with Gasteiger partial charge in [-0.25, -0.2) is 0 Å². The van der Waals surface area contributed by atoms with E-state index >= 15 is 0 Å². The van der Waals surface area contributed by atoms with Gasteiger partial charge in [-0.15, -0.1) is 0 Å². The summed E-state index contributed by atoms with van der Waals surface area (Å²) in [5, 5.41) is 8.29. The molecule has 0 radical (unpaired) electrons. The maximum Gasteiger partial charge on any atom is 0.304 e. The van der Waals surface area contributed by atoms with Crippen LogP contribution < -0.4 is 0 Å². The number of rotatable bonds is 7. The van der Waals surface area contributed by atoms with E-state index in [1.165, 1.54) is 0 Å². The van der Waals surface area contributed by atoms with Gasteiger partial charge in [0.2, 0.25) is 0 Å². The highest BCUT2D eigenvalue weighted by Gasteiger charge is 2.02. The molecule has 0 rings (SSSR count). The molecule has 0 amide bonds. The summed E-state index contributed by atoms with van der Waals surface area (Å²) in [6.07, 6.45) is 0.0173. The molecule has 0 aliphatic rings. The van der Waals surface area contributed by atoms with Gasteiger partial charge in [0, 0.05) is 28.1 Å². The van der Waals surface area contributed by atoms with E-state index < -0.39 is 16.8 Å². The van der Waals surface area contributed by atoms with Crippen molar-refractivity contribution in [1.82, 2.24) is 0 Å². The van der Waals surface area contributed by atoms with Gasteiger partial charge < -0.3 is 5.11 Å². The van der Waals surface area contributed by atoms with Gasteiger partial charge in [0.05, 0.1) is 6.42 Å². The monoisotopic (exact) mass is 210 g/mol. The van der Waals surface area contributed by atoms with Crippen LogP contribution in [0.25, 0.3) is 0 Å². The van der Waals surface area contributed by atoms with Gasteiger partial charge in [0.25, 0.3) is 0 Å². The minimum absolute atomic E-state index is 0.0173. The van der Waals surface area contributed by atoms with Crippen molar-refractivity contribution in [3.63, 3.8) is 0 Å². The molecule has 0 fully saturated rings. The second-order valence-electron chi connectivity index (χ2n) is 2.19. The molecule has 1 unspecified atom stereocenters. The summed E-state index contributed by atoms with van der Waals surface area (Å²) in [6.45, 7) is 2.05. The highest BCUT2D eigenvalue weighted by Crippen LogP contribution is 1.99. The molecular weight excluding hydrogens is 196 g/mol. The van der Waals surface area contributed by atoms with E-state index in [-0.39, 0.29) is 6.42 Å². The van der Waals surface area contributed by atoms with Crippen LogP contribution >= 0.6 is 11.8 Å². The summed E-state index contributed by atoms with van der Waals surface area (Å²) in [5.74, 6) is 1.93. The second kappa shape index (κ2) is 7.61. The van der Waals surface area contributed by atoms with Crippen molar-refractivity contribution in [3.05, 3.63) is 0 Å². The van der Waals surface area contributed by atoms with Crippen molar-refractivity contribution in [2.45, 2.75) is 13.3 Å². The molecule has 0 aromatic rings. The summed E-state index contributed by atoms with van der Waals surface area (Å²) >= 11 is 1.73. The normalized spacial score (nSPS) is 12.8. The van der Waals surface area contributed by atoms with E-state index in [0.29, 0.717) is 11.5 Å². The third kappa shape index (κ3) is 8.07. The lowest BCUT2D eigenvalue weighted by Crippen LogP contribution is -2.09. The summed E-state index contributed by atoms with van der Waals surface area (Å²) in [5.41, 5.74) is 0. The molecule has 0 saturated heterocycles. The predicted molar refractivity (Wildman–Crippen MR) is 53.1 cm³/mol. The first-order chi connectivity index (χ1) is 5.66. The zero-order valence-electron chi connectivity index (χ0n) is 7.12. The van der Waals surface area contributed by atoms with Gasteiger partial charge in [-0.3, -0.25) is 9.00 Å². The summed E-state index contributed by atoms with van der Waals surface area (Å²) in [6, 6.07) is 0. The Morgan fingerprint density at radius 3 is 2.67 bits per heavy atom. The average molecular weight is 210 g/mol. The Labute approximate surface area is 79.4 Å². The lowest BCUT2D eigenvalue weighted by Gasteiger charge is -1.98. The first kappa shape index (κ1) is 12.0. The van der Waals surface area contributed by atoms with Crippen molar-refractivity contribution >= 4 is 28.5 Å². The molecule has 0 spiro atoms. The predicted octanol–water partition coefficient (Wildman–Crippen LogP) is 0.963. The number of hydrogen-bond acceptors (Lipinski definition) is 3. The Balaban J connectivity index is 3.28. The van der Waals surface area contributed by atoms with Crippen molar-refractivity contribution in [2.75, 3.05) is 23.0 Å². The Morgan fingerprint density at radius 1 is 1.50 bits per heavy atom. The fourth-order valence-electron chi connectivity index (χ4n) is 0.599. The molecule has 0 heterocycles. The van der Waals surface area contributed by atoms with Crippen LogP contribution in [0.1, 0.15) is 13.3 Å². The number of hydrogen-bond donors (Lipinski definition) is 1. The van der Waals surface area contributed by atoms with Crippen LogP contribution in [0.4, 0.5) is 0 Å². The Kier molecular flexibility index (Phi) is 7.59. The molecule has 12 heavy (non-hydrogen) atoms. The van der Waals surface area contributed by atoms with Crippen LogP contribution in [0.5, 0.6) is 0 Å². The van der Waals surface area contributed by atoms with Crippen molar-refractivity contribution in [3.8, 4) is 0 Å². The Morgan fingerprint density at radius 2 is 2.17 bits per heavy atom. The first-order valence-electron chi connectivity index (χ1n) is 3.81. The van der Waals surface area contributed by atoms with Gasteiger partial charge in [-0.05, 0) is 5.75 Å². The van der Waals surface area contributed by atoms with Crippen LogP contribution in [-0.2, 0) is 15.6 Å². The molecule has 1 N–H and O–H groups in total. The molecule has 3 nitrogen and oxygen atoms in total. The maximum atomic E-state index is 11.1. The van der Waals surface area contributed by atoms with E-state index in [1.54, 1.807) is 11.8 Å². The SMILES string of the molecule is CCSCCS(=O)CCC(=O)O. The smallest absolute Gasteiger partial charge is 0.304 e. The molecule has 72 valence electrons. The zero-order valence-corrected chi connectivity index (χ0v) is 8.75. The minimum Gasteiger partial charge on any atom is -0.481 e. The van der Waals surface area contributed by atoms with Crippen molar-refractivity contribution in [2.24, 2.45) is 0 Å². The Hall–Kier alpha value is -0.0300. The number of thioether (sulfide) groups is 1. The Bertz CT molecular complexity index is 159. The van der Waals surface area contributed by atoms with E-state index in [0.717, 1.165) is 11.5 Å². The fraction of sp³-hybridized carbons (Fsp3) is 0.857. The van der Waals surface area contributed by atoms with Crippen molar-refractivity contribution in [1.29, 1.82) is 0 Å². The zero-order chi connectivity index (χ0) is 9.40. The van der Waals surface area contributed by atoms with E-state index in [9.17, 15) is 9.00 Å². The summed E-state index contributed by atoms with van der Waals surface area (Å²) in [7, 11) is -0.944. The largest absolute Gasteiger partial charge is 0.481 e. The van der Waals surface area contributed by atoms with Crippen molar-refractivity contribution < 1.29 is 14.1 Å². The molecule has 0 aromatic carbocycles. The molecule has 5 heteroatoms. The third-order valence-corrected chi connectivity index (χ3v) is 3.68. The minimum atomic E-state index is -0.944. The van der Waals surface area contributed by atoms with Gasteiger partial charge in [0.15, 0.2) is 0 Å². The number of carbonyl (C=O) groups is 1. The highest BCUT2D eigenvalue weighted by atomic mass is 32.2. The molecule has 0 saturated carbocycles. The summed E-state index contributed by atoms with van der Waals surface area (Å²) in [4.78, 5) is 10.1. The van der Waals surface area contributed by atoms with E-state index in [1.807, 2.05) is 6.92 Å². The molecular formula is C7H14O3S2. The topological polar surface area (TPSA) is 54.4 Å². The van der Waals surface area contributed by atoms with Gasteiger partial charge in [0.1, 0.15) is 0 Å². The van der Waals surface area contributed by atoms with Crippen LogP contribution in [0, 0.1) is 0 Å². The molecule has 0 aliphatic carbocycles. The van der Waals surface area contributed by atoms with Gasteiger partial charge in [-0.2, -0.15) is 11.8 Å². The van der Waals surface area contributed by atoms with E-state index in [4.69, 9.17) is 5.11 Å². The van der Waals surface area contributed by atoms with Gasteiger partial charge >= 0.3 is 5.97 Å². The number of aliphatic carboxylic acids is 1. The van der Waals surface area contributed by atoms with Crippen LogP contribution in [-0.4, -0.2) is 38.3 Å². The van der Waals surface area contributed by atoms with Gasteiger partial charge in [-0.1, -0.05) is 6.92 Å². The van der Waals surface area contributed by atoms with Crippen LogP contribution in [0.15, 0.2) is 0 Å². The van der Waals surface area contributed by atoms with E-state index in [2.05, 4.69) is 0 Å².